The molecule has 0 aliphatic carbocycles. The molecule has 0 saturated carbocycles. The fourth-order valence-electron chi connectivity index (χ4n) is 1.92. The van der Waals surface area contributed by atoms with Crippen molar-refractivity contribution in [1.82, 2.24) is 5.32 Å². The van der Waals surface area contributed by atoms with Gasteiger partial charge in [-0.1, -0.05) is 23.7 Å². The molecule has 0 unspecified atom stereocenters. The summed E-state index contributed by atoms with van der Waals surface area (Å²) in [4.78, 5) is 12.0. The molecule has 128 valence electrons. The second-order valence-corrected chi connectivity index (χ2v) is 7.49. The van der Waals surface area contributed by atoms with Crippen LogP contribution in [0.1, 0.15) is 5.56 Å². The minimum absolute atomic E-state index is 0.0809. The zero-order valence-corrected chi connectivity index (χ0v) is 14.7. The maximum atomic E-state index is 12.0. The predicted molar refractivity (Wildman–Crippen MR) is 93.4 cm³/mol. The molecule has 0 atom stereocenters. The Morgan fingerprint density at radius 3 is 2.42 bits per heavy atom. The van der Waals surface area contributed by atoms with Gasteiger partial charge in [0.1, 0.15) is 5.75 Å². The fraction of sp³-hybridized carbons (Fsp3) is 0.188. The number of sulfone groups is 1. The summed E-state index contributed by atoms with van der Waals surface area (Å²) >= 11 is 5.99. The van der Waals surface area contributed by atoms with Crippen LogP contribution in [0.15, 0.2) is 47.4 Å². The number of rotatable bonds is 5. The van der Waals surface area contributed by atoms with Gasteiger partial charge in [0.25, 0.3) is 0 Å². The van der Waals surface area contributed by atoms with E-state index >= 15 is 0 Å². The molecule has 2 rings (SSSR count). The van der Waals surface area contributed by atoms with Crippen molar-refractivity contribution in [3.63, 3.8) is 0 Å². The van der Waals surface area contributed by atoms with Gasteiger partial charge in [0.15, 0.2) is 9.84 Å². The number of ether oxygens (including phenoxy) is 1. The number of nitrogens with one attached hydrogen (secondary N) is 2. The highest BCUT2D eigenvalue weighted by molar-refractivity contribution is 7.90. The monoisotopic (exact) mass is 368 g/mol. The third-order valence-electron chi connectivity index (χ3n) is 3.23. The highest BCUT2D eigenvalue weighted by atomic mass is 35.5. The van der Waals surface area contributed by atoms with Gasteiger partial charge in [-0.2, -0.15) is 0 Å². The van der Waals surface area contributed by atoms with Crippen LogP contribution in [0, 0.1) is 0 Å². The van der Waals surface area contributed by atoms with Crippen molar-refractivity contribution in [3.8, 4) is 5.75 Å². The summed E-state index contributed by atoms with van der Waals surface area (Å²) in [5, 5.41) is 5.47. The summed E-state index contributed by atoms with van der Waals surface area (Å²) in [6.07, 6.45) is 1.09. The molecule has 0 aromatic heterocycles. The highest BCUT2D eigenvalue weighted by Gasteiger charge is 2.12. The number of carbonyl (C=O) groups is 1. The van der Waals surface area contributed by atoms with Crippen molar-refractivity contribution in [3.05, 3.63) is 53.1 Å². The summed E-state index contributed by atoms with van der Waals surface area (Å²) in [7, 11) is -1.80. The van der Waals surface area contributed by atoms with Gasteiger partial charge in [-0.15, -0.1) is 0 Å². The van der Waals surface area contributed by atoms with Crippen LogP contribution in [0.25, 0.3) is 0 Å². The summed E-state index contributed by atoms with van der Waals surface area (Å²) in [5.74, 6) is 0.729. The molecule has 2 N–H and O–H groups in total. The number of urea groups is 1. The summed E-state index contributed by atoms with van der Waals surface area (Å²) < 4.78 is 28.2. The van der Waals surface area contributed by atoms with Gasteiger partial charge in [-0.3, -0.25) is 0 Å². The molecule has 8 heteroatoms. The first kappa shape index (κ1) is 18.1. The zero-order chi connectivity index (χ0) is 17.7. The topological polar surface area (TPSA) is 84.5 Å². The number of methoxy groups -OCH3 is 1. The second-order valence-electron chi connectivity index (χ2n) is 5.07. The molecule has 2 aromatic carbocycles. The Labute approximate surface area is 145 Å². The van der Waals surface area contributed by atoms with Crippen LogP contribution < -0.4 is 15.4 Å². The first-order valence-corrected chi connectivity index (χ1v) is 9.24. The van der Waals surface area contributed by atoms with Crippen LogP contribution in [-0.4, -0.2) is 27.8 Å². The smallest absolute Gasteiger partial charge is 0.319 e. The molecule has 0 bridgehead atoms. The van der Waals surface area contributed by atoms with Gasteiger partial charge in [0.05, 0.1) is 22.7 Å². The van der Waals surface area contributed by atoms with E-state index in [1.54, 1.807) is 19.2 Å². The molecule has 0 radical (unpaired) electrons. The molecule has 0 aliphatic rings. The Bertz CT molecular complexity index is 836. The molecule has 2 amide bonds. The van der Waals surface area contributed by atoms with Crippen molar-refractivity contribution in [2.75, 3.05) is 18.7 Å². The van der Waals surface area contributed by atoms with Gasteiger partial charge >= 0.3 is 6.03 Å². The maximum Gasteiger partial charge on any atom is 0.319 e. The average molecular weight is 369 g/mol. The number of anilines is 1. The maximum absolute atomic E-state index is 12.0. The lowest BCUT2D eigenvalue weighted by atomic mass is 10.2. The predicted octanol–water partition coefficient (Wildman–Crippen LogP) is 3.07. The van der Waals surface area contributed by atoms with Crippen LogP contribution in [0.5, 0.6) is 5.75 Å². The number of amides is 2. The fourth-order valence-corrected chi connectivity index (χ4v) is 2.74. The molecule has 0 aliphatic heterocycles. The van der Waals surface area contributed by atoms with Crippen LogP contribution in [-0.2, 0) is 16.4 Å². The lowest BCUT2D eigenvalue weighted by Gasteiger charge is -2.10. The molecule has 0 fully saturated rings. The van der Waals surface area contributed by atoms with Crippen molar-refractivity contribution < 1.29 is 17.9 Å². The number of hydrogen-bond acceptors (Lipinski definition) is 4. The lowest BCUT2D eigenvalue weighted by Crippen LogP contribution is -2.28. The molecule has 0 spiro atoms. The molecule has 0 saturated heterocycles. The van der Waals surface area contributed by atoms with Gasteiger partial charge in [-0.05, 0) is 35.9 Å². The Balaban J connectivity index is 2.01. The van der Waals surface area contributed by atoms with Crippen LogP contribution >= 0.6 is 11.6 Å². The molecule has 24 heavy (non-hydrogen) atoms. The van der Waals surface area contributed by atoms with Crippen LogP contribution in [0.4, 0.5) is 10.5 Å². The Morgan fingerprint density at radius 2 is 1.83 bits per heavy atom. The minimum Gasteiger partial charge on any atom is -0.497 e. The minimum atomic E-state index is -3.38. The van der Waals surface area contributed by atoms with Crippen molar-refractivity contribution >= 4 is 33.2 Å². The lowest BCUT2D eigenvalue weighted by molar-refractivity contribution is 0.251. The normalized spacial score (nSPS) is 11.0. The molecule has 2 aromatic rings. The Morgan fingerprint density at radius 1 is 1.17 bits per heavy atom. The quantitative estimate of drug-likeness (QED) is 0.849. The van der Waals surface area contributed by atoms with E-state index in [1.165, 1.54) is 18.2 Å². The van der Waals surface area contributed by atoms with E-state index in [0.717, 1.165) is 17.6 Å². The van der Waals surface area contributed by atoms with Crippen molar-refractivity contribution in [1.29, 1.82) is 0 Å². The standard InChI is InChI=1S/C16H17ClN2O4S/c1-23-12-5-3-11(4-6-12)10-18-16(20)19-15-9-13(24(2,21)22)7-8-14(15)17/h3-9H,10H2,1-2H3,(H2,18,19,20). The van der Waals surface area contributed by atoms with E-state index in [4.69, 9.17) is 16.3 Å². The summed E-state index contributed by atoms with van der Waals surface area (Å²) in [6, 6.07) is 10.9. The largest absolute Gasteiger partial charge is 0.497 e. The second kappa shape index (κ2) is 7.55. The van der Waals surface area contributed by atoms with E-state index in [-0.39, 0.29) is 15.6 Å². The third-order valence-corrected chi connectivity index (χ3v) is 4.67. The Hall–Kier alpha value is -2.25. The molecule has 0 heterocycles. The molecular weight excluding hydrogens is 352 g/mol. The number of halogens is 1. The molecule has 6 nitrogen and oxygen atoms in total. The first-order valence-electron chi connectivity index (χ1n) is 6.97. The third kappa shape index (κ3) is 4.87. The SMILES string of the molecule is COc1ccc(CNC(=O)Nc2cc(S(C)(=O)=O)ccc2Cl)cc1. The van der Waals surface area contributed by atoms with Gasteiger partial charge in [-0.25, -0.2) is 13.2 Å². The van der Waals surface area contributed by atoms with Gasteiger partial charge in [0, 0.05) is 12.8 Å². The summed E-state index contributed by atoms with van der Waals surface area (Å²) in [6.45, 7) is 0.305. The first-order chi connectivity index (χ1) is 11.3. The van der Waals surface area contributed by atoms with E-state index in [9.17, 15) is 13.2 Å². The Kier molecular flexibility index (Phi) is 5.69. The van der Waals surface area contributed by atoms with Crippen LogP contribution in [0.3, 0.4) is 0 Å². The van der Waals surface area contributed by atoms with Crippen LogP contribution in [0.2, 0.25) is 5.02 Å². The number of hydrogen-bond donors (Lipinski definition) is 2. The average Bonchev–Trinajstić information content (AvgIpc) is 2.54. The zero-order valence-electron chi connectivity index (χ0n) is 13.2. The van der Waals surface area contributed by atoms with Crippen molar-refractivity contribution in [2.24, 2.45) is 0 Å². The van der Waals surface area contributed by atoms with E-state index in [1.807, 2.05) is 12.1 Å². The highest BCUT2D eigenvalue weighted by Crippen LogP contribution is 2.25. The number of benzene rings is 2. The molecular formula is C16H17ClN2O4S. The number of carbonyl (C=O) groups excluding carboxylic acids is 1. The van der Waals surface area contributed by atoms with E-state index < -0.39 is 15.9 Å². The van der Waals surface area contributed by atoms with Gasteiger partial charge in [0.2, 0.25) is 0 Å². The van der Waals surface area contributed by atoms with Gasteiger partial charge < -0.3 is 15.4 Å². The van der Waals surface area contributed by atoms with Crippen molar-refractivity contribution in [2.45, 2.75) is 11.4 Å². The summed E-state index contributed by atoms with van der Waals surface area (Å²) in [5.41, 5.74) is 1.12. The van der Waals surface area contributed by atoms with E-state index in [2.05, 4.69) is 10.6 Å². The van der Waals surface area contributed by atoms with E-state index in [0.29, 0.717) is 6.54 Å².